The number of aliphatic hydroxyl groups excluding tert-OH is 6. The molecule has 0 aromatic rings. The van der Waals surface area contributed by atoms with E-state index in [0.717, 1.165) is 22.0 Å². The Bertz CT molecular complexity index is 443. The molecule has 0 aliphatic heterocycles. The summed E-state index contributed by atoms with van der Waals surface area (Å²) in [5.41, 5.74) is -3.25. The first kappa shape index (κ1) is 25.2. The van der Waals surface area contributed by atoms with Gasteiger partial charge in [0.2, 0.25) is 11.8 Å². The minimum atomic E-state index is -1.62. The van der Waals surface area contributed by atoms with Crippen molar-refractivity contribution in [3.63, 3.8) is 0 Å². The predicted molar refractivity (Wildman–Crippen MR) is 96.4 cm³/mol. The van der Waals surface area contributed by atoms with Crippen LogP contribution in [0.25, 0.3) is 0 Å². The van der Waals surface area contributed by atoms with Crippen LogP contribution in [-0.2, 0) is 9.59 Å². The lowest BCUT2D eigenvalue weighted by molar-refractivity contribution is -0.143. The van der Waals surface area contributed by atoms with Gasteiger partial charge in [0.1, 0.15) is 11.1 Å². The molecule has 0 spiro atoms. The van der Waals surface area contributed by atoms with E-state index in [1.54, 1.807) is 0 Å². The van der Waals surface area contributed by atoms with Gasteiger partial charge in [0.25, 0.3) is 0 Å². The van der Waals surface area contributed by atoms with Crippen LogP contribution >= 0.6 is 0 Å². The molecule has 2 amide bonds. The first-order chi connectivity index (χ1) is 12.8. The third-order valence-electron chi connectivity index (χ3n) is 4.56. The second-order valence-electron chi connectivity index (χ2n) is 6.14. The van der Waals surface area contributed by atoms with Crippen LogP contribution in [0.15, 0.2) is 25.3 Å². The van der Waals surface area contributed by atoms with Crippen molar-refractivity contribution in [1.29, 1.82) is 0 Å². The standard InChI is InChI=1S/C17H30N2O8/c1-3-14(26)18(16(8-20,9-21)10-22)6-5-7-19(15(27)4-2)17(11-23,12-24)13-25/h3-4,20-25H,1-2,5-13H2. The summed E-state index contributed by atoms with van der Waals surface area (Å²) in [4.78, 5) is 26.3. The van der Waals surface area contributed by atoms with E-state index in [2.05, 4.69) is 13.2 Å². The molecule has 0 aliphatic carbocycles. The third kappa shape index (κ3) is 5.58. The first-order valence-corrected chi connectivity index (χ1v) is 8.35. The van der Waals surface area contributed by atoms with Crippen molar-refractivity contribution < 1.29 is 40.2 Å². The Morgan fingerprint density at radius 3 is 1.11 bits per heavy atom. The van der Waals surface area contributed by atoms with Gasteiger partial charge in [0.15, 0.2) is 0 Å². The molecule has 6 N–H and O–H groups in total. The Kier molecular flexibility index (Phi) is 11.0. The van der Waals surface area contributed by atoms with Crippen LogP contribution < -0.4 is 0 Å². The van der Waals surface area contributed by atoms with Crippen molar-refractivity contribution in [2.45, 2.75) is 17.5 Å². The van der Waals surface area contributed by atoms with Crippen molar-refractivity contribution in [3.8, 4) is 0 Å². The molecular formula is C17H30N2O8. The maximum absolute atomic E-state index is 12.1. The van der Waals surface area contributed by atoms with Crippen LogP contribution in [0.5, 0.6) is 0 Å². The van der Waals surface area contributed by atoms with Crippen molar-refractivity contribution in [2.75, 3.05) is 52.7 Å². The second kappa shape index (κ2) is 11.8. The quantitative estimate of drug-likeness (QED) is 0.169. The van der Waals surface area contributed by atoms with E-state index in [-0.39, 0.29) is 19.5 Å². The van der Waals surface area contributed by atoms with Crippen LogP contribution in [0, 0.1) is 0 Å². The van der Waals surface area contributed by atoms with Gasteiger partial charge in [-0.1, -0.05) is 13.2 Å². The van der Waals surface area contributed by atoms with Gasteiger partial charge in [-0.05, 0) is 18.6 Å². The summed E-state index contributed by atoms with van der Waals surface area (Å²) < 4.78 is 0. The summed E-state index contributed by atoms with van der Waals surface area (Å²) in [6, 6.07) is 0. The third-order valence-corrected chi connectivity index (χ3v) is 4.56. The SMILES string of the molecule is C=CC(=O)N(CCCN(C(=O)C=C)C(CO)(CO)CO)C(CO)(CO)CO. The molecule has 0 heterocycles. The van der Waals surface area contributed by atoms with Crippen LogP contribution in [0.1, 0.15) is 6.42 Å². The van der Waals surface area contributed by atoms with E-state index in [0.29, 0.717) is 0 Å². The summed E-state index contributed by atoms with van der Waals surface area (Å²) in [6.07, 6.45) is 2.01. The van der Waals surface area contributed by atoms with E-state index >= 15 is 0 Å². The highest BCUT2D eigenvalue weighted by Crippen LogP contribution is 2.19. The smallest absolute Gasteiger partial charge is 0.246 e. The number of hydrogen-bond acceptors (Lipinski definition) is 8. The Balaban J connectivity index is 5.51. The minimum absolute atomic E-state index is 0.0860. The number of hydrogen-bond donors (Lipinski definition) is 6. The molecule has 0 atom stereocenters. The molecule has 0 saturated carbocycles. The first-order valence-electron chi connectivity index (χ1n) is 8.35. The van der Waals surface area contributed by atoms with Gasteiger partial charge >= 0.3 is 0 Å². The van der Waals surface area contributed by atoms with Crippen molar-refractivity contribution in [2.24, 2.45) is 0 Å². The summed E-state index contributed by atoms with van der Waals surface area (Å²) in [7, 11) is 0. The maximum Gasteiger partial charge on any atom is 0.246 e. The zero-order chi connectivity index (χ0) is 21.1. The molecule has 0 aliphatic rings. The van der Waals surface area contributed by atoms with Crippen molar-refractivity contribution in [3.05, 3.63) is 25.3 Å². The number of aliphatic hydroxyl groups is 6. The number of rotatable bonds is 14. The Morgan fingerprint density at radius 1 is 0.667 bits per heavy atom. The van der Waals surface area contributed by atoms with Gasteiger partial charge in [0, 0.05) is 13.1 Å². The normalized spacial score (nSPS) is 11.8. The fraction of sp³-hybridized carbons (Fsp3) is 0.647. The number of amides is 2. The molecule has 10 heteroatoms. The van der Waals surface area contributed by atoms with E-state index in [1.165, 1.54) is 0 Å². The second-order valence-corrected chi connectivity index (χ2v) is 6.14. The number of carbonyl (C=O) groups excluding carboxylic acids is 2. The molecule has 27 heavy (non-hydrogen) atoms. The zero-order valence-electron chi connectivity index (χ0n) is 15.3. The summed E-state index contributed by atoms with van der Waals surface area (Å²) in [5, 5.41) is 57.3. The van der Waals surface area contributed by atoms with Gasteiger partial charge < -0.3 is 40.4 Å². The van der Waals surface area contributed by atoms with Gasteiger partial charge in [-0.25, -0.2) is 0 Å². The highest BCUT2D eigenvalue weighted by Gasteiger charge is 2.40. The summed E-state index contributed by atoms with van der Waals surface area (Å²) in [5.74, 6) is -1.29. The molecule has 156 valence electrons. The number of nitrogens with zero attached hydrogens (tertiary/aromatic N) is 2. The molecular weight excluding hydrogens is 360 g/mol. The molecule has 0 saturated heterocycles. The topological polar surface area (TPSA) is 162 Å². The van der Waals surface area contributed by atoms with Gasteiger partial charge in [-0.3, -0.25) is 9.59 Å². The van der Waals surface area contributed by atoms with E-state index in [4.69, 9.17) is 0 Å². The molecule has 0 aromatic carbocycles. The van der Waals surface area contributed by atoms with Crippen LogP contribution in [-0.4, -0.2) is 116 Å². The average Bonchev–Trinajstić information content (AvgIpc) is 2.72. The fourth-order valence-electron chi connectivity index (χ4n) is 2.58. The molecule has 0 fully saturated rings. The van der Waals surface area contributed by atoms with E-state index in [9.17, 15) is 40.2 Å². The monoisotopic (exact) mass is 390 g/mol. The van der Waals surface area contributed by atoms with Crippen molar-refractivity contribution >= 4 is 11.8 Å². The molecule has 0 bridgehead atoms. The summed E-state index contributed by atoms with van der Waals surface area (Å²) in [6.45, 7) is 2.28. The Hall–Kier alpha value is -1.82. The lowest BCUT2D eigenvalue weighted by atomic mass is 9.98. The summed E-state index contributed by atoms with van der Waals surface area (Å²) >= 11 is 0. The van der Waals surface area contributed by atoms with Crippen LogP contribution in [0.3, 0.4) is 0 Å². The van der Waals surface area contributed by atoms with E-state index < -0.39 is 62.5 Å². The highest BCUT2D eigenvalue weighted by atomic mass is 16.3. The minimum Gasteiger partial charge on any atom is -0.394 e. The van der Waals surface area contributed by atoms with E-state index in [1.807, 2.05) is 0 Å². The molecule has 0 radical (unpaired) electrons. The lowest BCUT2D eigenvalue weighted by Gasteiger charge is -2.42. The fourth-order valence-corrected chi connectivity index (χ4v) is 2.58. The molecule has 0 aromatic heterocycles. The average molecular weight is 390 g/mol. The zero-order valence-corrected chi connectivity index (χ0v) is 15.3. The lowest BCUT2D eigenvalue weighted by Crippen LogP contribution is -2.61. The van der Waals surface area contributed by atoms with Gasteiger partial charge in [-0.2, -0.15) is 0 Å². The predicted octanol–water partition coefficient (Wildman–Crippen LogP) is -3.16. The van der Waals surface area contributed by atoms with Crippen molar-refractivity contribution in [1.82, 2.24) is 9.80 Å². The van der Waals surface area contributed by atoms with Crippen LogP contribution in [0.4, 0.5) is 0 Å². The number of carbonyl (C=O) groups is 2. The van der Waals surface area contributed by atoms with Gasteiger partial charge in [0.05, 0.1) is 39.6 Å². The largest absolute Gasteiger partial charge is 0.394 e. The Morgan fingerprint density at radius 2 is 0.926 bits per heavy atom. The van der Waals surface area contributed by atoms with Crippen LogP contribution in [0.2, 0.25) is 0 Å². The molecule has 10 nitrogen and oxygen atoms in total. The molecule has 0 rings (SSSR count). The maximum atomic E-state index is 12.1. The molecule has 0 unspecified atom stereocenters. The Labute approximate surface area is 158 Å². The van der Waals surface area contributed by atoms with Gasteiger partial charge in [-0.15, -0.1) is 0 Å². The highest BCUT2D eigenvalue weighted by molar-refractivity contribution is 5.88.